The molecular formula is C29H33N3O6. The number of hydrogen-bond donors (Lipinski definition) is 3. The fraction of sp³-hybridized carbons (Fsp3) is 0.345. The molecule has 0 saturated heterocycles. The summed E-state index contributed by atoms with van der Waals surface area (Å²) >= 11 is 0. The third-order valence-electron chi connectivity index (χ3n) is 5.77. The van der Waals surface area contributed by atoms with E-state index in [1.54, 1.807) is 24.3 Å². The summed E-state index contributed by atoms with van der Waals surface area (Å²) in [4.78, 5) is 28.0. The third-order valence-corrected chi connectivity index (χ3v) is 5.77. The summed E-state index contributed by atoms with van der Waals surface area (Å²) in [6, 6.07) is 16.7. The Hall–Kier alpha value is -4.27. The van der Waals surface area contributed by atoms with Gasteiger partial charge in [-0.1, -0.05) is 24.3 Å². The molecule has 38 heavy (non-hydrogen) atoms. The van der Waals surface area contributed by atoms with Gasteiger partial charge >= 0.3 is 12.1 Å². The van der Waals surface area contributed by atoms with Crippen molar-refractivity contribution in [3.8, 4) is 22.8 Å². The third kappa shape index (κ3) is 7.38. The summed E-state index contributed by atoms with van der Waals surface area (Å²) in [6.45, 7) is 7.05. The quantitative estimate of drug-likeness (QED) is 0.327. The van der Waals surface area contributed by atoms with Gasteiger partial charge in [0, 0.05) is 24.3 Å². The van der Waals surface area contributed by atoms with E-state index in [0.29, 0.717) is 18.0 Å². The average Bonchev–Trinajstić information content (AvgIpc) is 2.89. The molecule has 9 heteroatoms. The average molecular weight is 520 g/mol. The number of benzene rings is 2. The van der Waals surface area contributed by atoms with Gasteiger partial charge in [0.25, 0.3) is 0 Å². The van der Waals surface area contributed by atoms with Gasteiger partial charge in [0.05, 0.1) is 5.69 Å². The highest BCUT2D eigenvalue weighted by Gasteiger charge is 2.17. The van der Waals surface area contributed by atoms with Crippen LogP contribution in [-0.2, 0) is 17.7 Å². The molecule has 0 aliphatic carbocycles. The molecule has 0 saturated carbocycles. The maximum atomic E-state index is 11.9. The van der Waals surface area contributed by atoms with Crippen LogP contribution < -0.4 is 20.1 Å². The first-order valence-corrected chi connectivity index (χ1v) is 12.6. The van der Waals surface area contributed by atoms with Crippen LogP contribution in [0.25, 0.3) is 11.3 Å². The zero-order valence-corrected chi connectivity index (χ0v) is 21.9. The molecular weight excluding hydrogens is 486 g/mol. The Morgan fingerprint density at radius 2 is 1.79 bits per heavy atom. The number of amides is 1. The number of carboxylic acids is 1. The number of carboxylic acid groups (broad SMARTS) is 1. The second-order valence-electron chi connectivity index (χ2n) is 9.95. The number of aromatic carboxylic acids is 1. The van der Waals surface area contributed by atoms with E-state index < -0.39 is 17.7 Å². The van der Waals surface area contributed by atoms with Gasteiger partial charge in [-0.15, -0.1) is 0 Å². The Morgan fingerprint density at radius 3 is 2.53 bits per heavy atom. The summed E-state index contributed by atoms with van der Waals surface area (Å²) in [7, 11) is 0. The van der Waals surface area contributed by atoms with Crippen LogP contribution in [0.3, 0.4) is 0 Å². The van der Waals surface area contributed by atoms with Crippen LogP contribution in [-0.4, -0.2) is 47.5 Å². The summed E-state index contributed by atoms with van der Waals surface area (Å²) in [5, 5.41) is 15.8. The smallest absolute Gasteiger partial charge is 0.407 e. The lowest BCUT2D eigenvalue weighted by Crippen LogP contribution is -2.32. The highest BCUT2D eigenvalue weighted by Crippen LogP contribution is 2.29. The lowest BCUT2D eigenvalue weighted by atomic mass is 10.00. The van der Waals surface area contributed by atoms with Crippen molar-refractivity contribution >= 4 is 17.7 Å². The molecule has 4 rings (SSSR count). The van der Waals surface area contributed by atoms with Gasteiger partial charge in [0.1, 0.15) is 24.6 Å². The van der Waals surface area contributed by atoms with Crippen molar-refractivity contribution in [2.75, 3.05) is 25.1 Å². The van der Waals surface area contributed by atoms with Gasteiger partial charge in [-0.05, 0) is 75.1 Å². The van der Waals surface area contributed by atoms with E-state index in [1.165, 1.54) is 5.56 Å². The van der Waals surface area contributed by atoms with E-state index in [0.717, 1.165) is 36.2 Å². The van der Waals surface area contributed by atoms with Crippen LogP contribution in [0, 0.1) is 0 Å². The van der Waals surface area contributed by atoms with E-state index in [9.17, 15) is 14.7 Å². The van der Waals surface area contributed by atoms with Crippen molar-refractivity contribution in [2.45, 2.75) is 45.8 Å². The number of nitrogens with zero attached hydrogens (tertiary/aromatic N) is 1. The molecule has 3 aromatic rings. The van der Waals surface area contributed by atoms with Crippen LogP contribution in [0.4, 0.5) is 10.5 Å². The van der Waals surface area contributed by atoms with Gasteiger partial charge in [-0.25, -0.2) is 14.6 Å². The van der Waals surface area contributed by atoms with Gasteiger partial charge in [0.2, 0.25) is 0 Å². The first-order valence-electron chi connectivity index (χ1n) is 12.6. The summed E-state index contributed by atoms with van der Waals surface area (Å²) in [5.74, 6) is -0.346. The monoisotopic (exact) mass is 519 g/mol. The SMILES string of the molecule is CC(C)(C)OC(=O)NCc1ccc(OCCOc2ccc(-c3ccc4c(c3)NCCC4)nc2C(=O)O)cc1. The summed E-state index contributed by atoms with van der Waals surface area (Å²) in [5.41, 5.74) is 3.94. The molecule has 3 N–H and O–H groups in total. The van der Waals surface area contributed by atoms with Crippen molar-refractivity contribution in [2.24, 2.45) is 0 Å². The fourth-order valence-corrected chi connectivity index (χ4v) is 4.00. The normalized spacial score (nSPS) is 12.6. The number of hydrogen-bond acceptors (Lipinski definition) is 7. The predicted molar refractivity (Wildman–Crippen MR) is 144 cm³/mol. The number of alkyl carbamates (subject to hydrolysis) is 1. The molecule has 2 heterocycles. The molecule has 0 bridgehead atoms. The number of carbonyl (C=O) groups excluding carboxylic acids is 1. The minimum atomic E-state index is -1.16. The largest absolute Gasteiger partial charge is 0.490 e. The van der Waals surface area contributed by atoms with Crippen LogP contribution >= 0.6 is 0 Å². The van der Waals surface area contributed by atoms with Crippen molar-refractivity contribution < 1.29 is 28.9 Å². The van der Waals surface area contributed by atoms with Gasteiger partial charge < -0.3 is 30.0 Å². The molecule has 200 valence electrons. The number of fused-ring (bicyclic) bond motifs is 1. The standard InChI is InChI=1S/C29H33N3O6/c1-29(2,3)38-28(35)31-18-19-6-10-22(11-7-19)36-15-16-37-25-13-12-23(32-26(25)27(33)34)21-9-8-20-5-4-14-30-24(20)17-21/h6-13,17,30H,4-5,14-16,18H2,1-3H3,(H,31,35)(H,33,34). The predicted octanol–water partition coefficient (Wildman–Crippen LogP) is 5.29. The van der Waals surface area contributed by atoms with Gasteiger partial charge in [0.15, 0.2) is 11.4 Å². The zero-order chi connectivity index (χ0) is 27.1. The lowest BCUT2D eigenvalue weighted by molar-refractivity contribution is 0.0523. The molecule has 9 nitrogen and oxygen atoms in total. The summed E-state index contributed by atoms with van der Waals surface area (Å²) in [6.07, 6.45) is 1.65. The molecule has 1 aliphatic heterocycles. The first kappa shape index (κ1) is 26.8. The Morgan fingerprint density at radius 1 is 1.03 bits per heavy atom. The molecule has 0 atom stereocenters. The number of rotatable bonds is 9. The van der Waals surface area contributed by atoms with Crippen LogP contribution in [0.5, 0.6) is 11.5 Å². The van der Waals surface area contributed by atoms with Crippen LogP contribution in [0.1, 0.15) is 48.8 Å². The number of aromatic nitrogens is 1. The molecule has 1 amide bonds. The Kier molecular flexibility index (Phi) is 8.35. The number of pyridine rings is 1. The first-order chi connectivity index (χ1) is 18.2. The Labute approximate surface area is 222 Å². The van der Waals surface area contributed by atoms with E-state index >= 15 is 0 Å². The number of nitrogens with one attached hydrogen (secondary N) is 2. The molecule has 0 spiro atoms. The maximum absolute atomic E-state index is 11.9. The van der Waals surface area contributed by atoms with E-state index in [2.05, 4.69) is 21.7 Å². The summed E-state index contributed by atoms with van der Waals surface area (Å²) < 4.78 is 16.6. The molecule has 0 radical (unpaired) electrons. The van der Waals surface area contributed by atoms with E-state index in [-0.39, 0.29) is 24.7 Å². The number of aryl methyl sites for hydroxylation is 1. The van der Waals surface area contributed by atoms with Gasteiger partial charge in [-0.2, -0.15) is 0 Å². The van der Waals surface area contributed by atoms with Crippen LogP contribution in [0.2, 0.25) is 0 Å². The molecule has 2 aromatic carbocycles. The molecule has 0 unspecified atom stereocenters. The van der Waals surface area contributed by atoms with E-state index in [4.69, 9.17) is 14.2 Å². The number of carbonyl (C=O) groups is 2. The van der Waals surface area contributed by atoms with Crippen molar-refractivity contribution in [1.82, 2.24) is 10.3 Å². The lowest BCUT2D eigenvalue weighted by Gasteiger charge is -2.19. The molecule has 1 aliphatic rings. The molecule has 1 aromatic heterocycles. The van der Waals surface area contributed by atoms with Crippen molar-refractivity contribution in [3.63, 3.8) is 0 Å². The second-order valence-corrected chi connectivity index (χ2v) is 9.95. The van der Waals surface area contributed by atoms with Crippen LogP contribution in [0.15, 0.2) is 54.6 Å². The maximum Gasteiger partial charge on any atom is 0.407 e. The Bertz CT molecular complexity index is 1280. The van der Waals surface area contributed by atoms with Crippen molar-refractivity contribution in [1.29, 1.82) is 0 Å². The van der Waals surface area contributed by atoms with E-state index in [1.807, 2.05) is 45.0 Å². The minimum absolute atomic E-state index is 0.143. The van der Waals surface area contributed by atoms with Crippen molar-refractivity contribution in [3.05, 3.63) is 71.4 Å². The number of anilines is 1. The second kappa shape index (κ2) is 11.9. The molecule has 0 fully saturated rings. The Balaban J connectivity index is 1.29. The van der Waals surface area contributed by atoms with Gasteiger partial charge in [-0.3, -0.25) is 0 Å². The fourth-order valence-electron chi connectivity index (χ4n) is 4.00. The highest BCUT2D eigenvalue weighted by molar-refractivity contribution is 5.89. The topological polar surface area (TPSA) is 119 Å². The number of ether oxygens (including phenoxy) is 3. The minimum Gasteiger partial charge on any atom is -0.490 e. The zero-order valence-electron chi connectivity index (χ0n) is 21.9. The highest BCUT2D eigenvalue weighted by atomic mass is 16.6.